The number of aromatic nitrogens is 2. The number of aromatic amines is 1. The normalized spacial score (nSPS) is 17.9. The van der Waals surface area contributed by atoms with Crippen LogP contribution in [0.5, 0.6) is 0 Å². The van der Waals surface area contributed by atoms with E-state index in [0.717, 1.165) is 0 Å². The summed E-state index contributed by atoms with van der Waals surface area (Å²) >= 11 is 0. The molecule has 23 heavy (non-hydrogen) atoms. The number of H-pyrrole nitrogens is 1. The molecule has 0 amide bonds. The van der Waals surface area contributed by atoms with E-state index in [-0.39, 0.29) is 31.6 Å². The largest absolute Gasteiger partial charge is 0.390 e. The first-order valence-corrected chi connectivity index (χ1v) is 8.86. The third-order valence-electron chi connectivity index (χ3n) is 3.22. The molecule has 1 aliphatic heterocycles. The van der Waals surface area contributed by atoms with E-state index in [1.54, 1.807) is 20.8 Å². The van der Waals surface area contributed by atoms with Crippen LogP contribution in [0, 0.1) is 6.92 Å². The molecule has 10 heteroatoms. The summed E-state index contributed by atoms with van der Waals surface area (Å²) in [5.41, 5.74) is -0.332. The predicted molar refractivity (Wildman–Crippen MR) is 83.8 cm³/mol. The molecule has 1 aromatic rings. The average molecular weight is 345 g/mol. The molecule has 0 bridgehead atoms. The van der Waals surface area contributed by atoms with E-state index in [0.29, 0.717) is 5.56 Å². The Morgan fingerprint density at radius 2 is 2.04 bits per heavy atom. The molecule has 1 aliphatic rings. The van der Waals surface area contributed by atoms with Gasteiger partial charge in [0, 0.05) is 18.2 Å². The summed E-state index contributed by atoms with van der Waals surface area (Å²) in [5, 5.41) is 3.81. The molecular formula is C13H20N3O6P. The van der Waals surface area contributed by atoms with Crippen LogP contribution < -0.4 is 11.2 Å². The lowest BCUT2D eigenvalue weighted by atomic mass is 10.2. The van der Waals surface area contributed by atoms with Crippen molar-refractivity contribution in [1.29, 1.82) is 0 Å². The minimum atomic E-state index is -3.46. The maximum Gasteiger partial charge on any atom is 0.378 e. The van der Waals surface area contributed by atoms with Crippen LogP contribution in [0.3, 0.4) is 0 Å². The third kappa shape index (κ3) is 3.99. The number of oxime groups is 1. The number of hydrogen-bond donors (Lipinski definition) is 1. The van der Waals surface area contributed by atoms with E-state index in [1.807, 2.05) is 0 Å². The molecule has 1 unspecified atom stereocenters. The Balaban J connectivity index is 2.10. The summed E-state index contributed by atoms with van der Waals surface area (Å²) in [7, 11) is -3.46. The maximum atomic E-state index is 12.6. The zero-order chi connectivity index (χ0) is 17.0. The molecule has 1 aromatic heterocycles. The van der Waals surface area contributed by atoms with Crippen LogP contribution in [-0.4, -0.2) is 34.3 Å². The molecule has 128 valence electrons. The fraction of sp³-hybridized carbons (Fsp3) is 0.615. The first-order chi connectivity index (χ1) is 10.9. The van der Waals surface area contributed by atoms with Gasteiger partial charge in [-0.25, -0.2) is 4.79 Å². The van der Waals surface area contributed by atoms with Crippen molar-refractivity contribution in [3.05, 3.63) is 32.6 Å². The van der Waals surface area contributed by atoms with Gasteiger partial charge in [-0.3, -0.25) is 18.9 Å². The minimum absolute atomic E-state index is 0.168. The number of nitrogens with zero attached hydrogens (tertiary/aromatic N) is 2. The Bertz CT molecular complexity index is 743. The number of rotatable bonds is 7. The summed E-state index contributed by atoms with van der Waals surface area (Å²) in [6, 6.07) is 0. The van der Waals surface area contributed by atoms with E-state index in [2.05, 4.69) is 10.1 Å². The topological polar surface area (TPSA) is 112 Å². The summed E-state index contributed by atoms with van der Waals surface area (Å²) in [6.07, 6.45) is 1.19. The van der Waals surface area contributed by atoms with Gasteiger partial charge in [0.2, 0.25) is 0 Å². The smallest absolute Gasteiger partial charge is 0.378 e. The number of aryl methyl sites for hydroxylation is 1. The lowest BCUT2D eigenvalue weighted by Gasteiger charge is -2.16. The van der Waals surface area contributed by atoms with Crippen molar-refractivity contribution >= 4 is 13.0 Å². The molecule has 2 heterocycles. The highest BCUT2D eigenvalue weighted by Crippen LogP contribution is 2.52. The van der Waals surface area contributed by atoms with Gasteiger partial charge in [0.05, 0.1) is 19.8 Å². The van der Waals surface area contributed by atoms with E-state index in [9.17, 15) is 14.2 Å². The van der Waals surface area contributed by atoms with E-state index >= 15 is 0 Å². The van der Waals surface area contributed by atoms with Gasteiger partial charge in [0.15, 0.2) is 11.6 Å². The minimum Gasteiger partial charge on any atom is -0.390 e. The zero-order valence-electron chi connectivity index (χ0n) is 13.3. The number of nitrogens with one attached hydrogen (secondary N) is 1. The van der Waals surface area contributed by atoms with Gasteiger partial charge < -0.3 is 13.9 Å². The second-order valence-electron chi connectivity index (χ2n) is 5.00. The van der Waals surface area contributed by atoms with Crippen LogP contribution in [0.15, 0.2) is 20.9 Å². The molecule has 1 N–H and O–H groups in total. The second-order valence-corrected chi connectivity index (χ2v) is 7.02. The fourth-order valence-corrected chi connectivity index (χ4v) is 3.80. The first kappa shape index (κ1) is 17.7. The third-order valence-corrected chi connectivity index (χ3v) is 5.31. The SMILES string of the molecule is CCOP(=O)(OCC)C1=NOC(Cn2cc(C)c(=O)[nH]c2=O)C1. The molecule has 0 saturated heterocycles. The van der Waals surface area contributed by atoms with Crippen molar-refractivity contribution in [3.8, 4) is 0 Å². The van der Waals surface area contributed by atoms with Crippen molar-refractivity contribution in [2.45, 2.75) is 39.8 Å². The van der Waals surface area contributed by atoms with Crippen LogP contribution in [0.1, 0.15) is 25.8 Å². The highest BCUT2D eigenvalue weighted by molar-refractivity contribution is 7.72. The first-order valence-electron chi connectivity index (χ1n) is 7.32. The van der Waals surface area contributed by atoms with Gasteiger partial charge >= 0.3 is 13.3 Å². The summed E-state index contributed by atoms with van der Waals surface area (Å²) in [4.78, 5) is 30.6. The summed E-state index contributed by atoms with van der Waals surface area (Å²) in [5.74, 6) is 0. The summed E-state index contributed by atoms with van der Waals surface area (Å²) < 4.78 is 24.4. The zero-order valence-corrected chi connectivity index (χ0v) is 14.2. The lowest BCUT2D eigenvalue weighted by molar-refractivity contribution is 0.0713. The second kappa shape index (κ2) is 7.25. The molecule has 2 rings (SSSR count). The molecule has 0 spiro atoms. The Kier molecular flexibility index (Phi) is 5.56. The Hall–Kier alpha value is -1.70. The van der Waals surface area contributed by atoms with Gasteiger partial charge in [-0.15, -0.1) is 0 Å². The van der Waals surface area contributed by atoms with E-state index in [4.69, 9.17) is 13.9 Å². The average Bonchev–Trinajstić information content (AvgIpc) is 2.94. The molecule has 1 atom stereocenters. The Morgan fingerprint density at radius 1 is 1.39 bits per heavy atom. The van der Waals surface area contributed by atoms with Crippen LogP contribution >= 0.6 is 7.60 Å². The van der Waals surface area contributed by atoms with Crippen LogP contribution in [0.4, 0.5) is 0 Å². The molecule has 0 fully saturated rings. The van der Waals surface area contributed by atoms with Gasteiger partial charge in [0.1, 0.15) is 0 Å². The molecule has 0 saturated carbocycles. The van der Waals surface area contributed by atoms with Gasteiger partial charge in [-0.1, -0.05) is 5.16 Å². The van der Waals surface area contributed by atoms with E-state index < -0.39 is 24.9 Å². The van der Waals surface area contributed by atoms with Gasteiger partial charge in [-0.05, 0) is 20.8 Å². The van der Waals surface area contributed by atoms with Crippen molar-refractivity contribution in [1.82, 2.24) is 9.55 Å². The lowest BCUT2D eigenvalue weighted by Crippen LogP contribution is -2.33. The molecule has 0 radical (unpaired) electrons. The van der Waals surface area contributed by atoms with Gasteiger partial charge in [-0.2, -0.15) is 0 Å². The van der Waals surface area contributed by atoms with Crippen molar-refractivity contribution in [2.75, 3.05) is 13.2 Å². The Morgan fingerprint density at radius 3 is 2.65 bits per heavy atom. The fourth-order valence-electron chi connectivity index (χ4n) is 2.17. The van der Waals surface area contributed by atoms with Crippen LogP contribution in [0.25, 0.3) is 0 Å². The molecule has 0 aliphatic carbocycles. The van der Waals surface area contributed by atoms with Crippen LogP contribution in [0.2, 0.25) is 0 Å². The van der Waals surface area contributed by atoms with Crippen molar-refractivity contribution in [2.24, 2.45) is 5.16 Å². The van der Waals surface area contributed by atoms with Crippen LogP contribution in [-0.2, 0) is 25.0 Å². The van der Waals surface area contributed by atoms with Crippen molar-refractivity contribution < 1.29 is 18.5 Å². The van der Waals surface area contributed by atoms with E-state index in [1.165, 1.54) is 10.8 Å². The monoisotopic (exact) mass is 345 g/mol. The summed E-state index contributed by atoms with van der Waals surface area (Å²) in [6.45, 7) is 5.63. The number of hydrogen-bond acceptors (Lipinski definition) is 7. The highest BCUT2D eigenvalue weighted by Gasteiger charge is 2.38. The maximum absolute atomic E-state index is 12.6. The van der Waals surface area contributed by atoms with Gasteiger partial charge in [0.25, 0.3) is 5.56 Å². The molecule has 0 aromatic carbocycles. The molecule has 9 nitrogen and oxygen atoms in total. The predicted octanol–water partition coefficient (Wildman–Crippen LogP) is 1.21. The Labute approximate surface area is 132 Å². The molecular weight excluding hydrogens is 325 g/mol. The standard InChI is InChI=1S/C13H20N3O6P/c1-4-20-23(19,21-5-2)11-6-10(22-15-11)8-16-7-9(3)12(17)14-13(16)18/h7,10H,4-6,8H2,1-3H3,(H,14,17,18). The highest BCUT2D eigenvalue weighted by atomic mass is 31.2. The van der Waals surface area contributed by atoms with Crippen molar-refractivity contribution in [3.63, 3.8) is 0 Å². The quantitative estimate of drug-likeness (QED) is 0.744.